The van der Waals surface area contributed by atoms with Gasteiger partial charge < -0.3 is 9.47 Å². The third-order valence-electron chi connectivity index (χ3n) is 4.47. The summed E-state index contributed by atoms with van der Waals surface area (Å²) in [5.74, 6) is -0.102. The van der Waals surface area contributed by atoms with Gasteiger partial charge in [0.05, 0.1) is 25.0 Å². The lowest BCUT2D eigenvalue weighted by molar-refractivity contribution is -0.152. The van der Waals surface area contributed by atoms with E-state index in [9.17, 15) is 9.59 Å². The highest BCUT2D eigenvalue weighted by molar-refractivity contribution is 5.73. The second-order valence-electron chi connectivity index (χ2n) is 6.38. The maximum atomic E-state index is 12.2. The lowest BCUT2D eigenvalue weighted by atomic mass is 9.95. The molecule has 136 valence electrons. The molecule has 3 unspecified atom stereocenters. The summed E-state index contributed by atoms with van der Waals surface area (Å²) in [4.78, 5) is 23.9. The predicted octanol–water partition coefficient (Wildman–Crippen LogP) is 4.75. The predicted molar refractivity (Wildman–Crippen MR) is 93.1 cm³/mol. The van der Waals surface area contributed by atoms with Gasteiger partial charge in [-0.25, -0.2) is 0 Å². The van der Waals surface area contributed by atoms with E-state index in [2.05, 4.69) is 13.8 Å². The second-order valence-corrected chi connectivity index (χ2v) is 6.38. The van der Waals surface area contributed by atoms with Crippen molar-refractivity contribution in [3.63, 3.8) is 0 Å². The van der Waals surface area contributed by atoms with Gasteiger partial charge in [0.25, 0.3) is 0 Å². The molecule has 23 heavy (non-hydrogen) atoms. The third-order valence-corrected chi connectivity index (χ3v) is 4.47. The first-order valence-electron chi connectivity index (χ1n) is 9.33. The summed E-state index contributed by atoms with van der Waals surface area (Å²) in [7, 11) is 0. The Hall–Kier alpha value is -1.06. The molecular formula is C19H36O4. The molecule has 0 aromatic rings. The monoisotopic (exact) mass is 328 g/mol. The van der Waals surface area contributed by atoms with Gasteiger partial charge in [-0.1, -0.05) is 47.0 Å². The molecule has 0 aliphatic heterocycles. The number of esters is 2. The van der Waals surface area contributed by atoms with Crippen LogP contribution in [0.15, 0.2) is 0 Å². The molecule has 0 aliphatic carbocycles. The minimum Gasteiger partial charge on any atom is -0.466 e. The van der Waals surface area contributed by atoms with Crippen molar-refractivity contribution in [3.05, 3.63) is 0 Å². The van der Waals surface area contributed by atoms with Crippen LogP contribution in [0.25, 0.3) is 0 Å². The van der Waals surface area contributed by atoms with Gasteiger partial charge in [0.15, 0.2) is 0 Å². The molecule has 0 amide bonds. The zero-order valence-corrected chi connectivity index (χ0v) is 15.7. The number of hydrogen-bond donors (Lipinski definition) is 0. The Kier molecular flexibility index (Phi) is 12.8. The summed E-state index contributed by atoms with van der Waals surface area (Å²) in [5, 5.41) is 0. The SMILES string of the molecule is CCCCC(CC)COC(=O)C(CC)CCC(C)C(=O)OCC. The van der Waals surface area contributed by atoms with Crippen molar-refractivity contribution in [2.75, 3.05) is 13.2 Å². The van der Waals surface area contributed by atoms with Crippen LogP contribution < -0.4 is 0 Å². The normalized spacial score (nSPS) is 14.8. The molecular weight excluding hydrogens is 292 g/mol. The Morgan fingerprint density at radius 2 is 1.57 bits per heavy atom. The average Bonchev–Trinajstić information content (AvgIpc) is 2.55. The standard InChI is InChI=1S/C19H36O4/c1-6-10-11-16(7-2)14-23-19(21)17(8-3)13-12-15(5)18(20)22-9-4/h15-17H,6-14H2,1-5H3. The number of carbonyl (C=O) groups excluding carboxylic acids is 2. The Morgan fingerprint density at radius 1 is 0.870 bits per heavy atom. The first-order chi connectivity index (χ1) is 11.0. The molecule has 0 saturated heterocycles. The van der Waals surface area contributed by atoms with Gasteiger partial charge in [0.1, 0.15) is 0 Å². The molecule has 0 heterocycles. The molecule has 3 atom stereocenters. The number of carbonyl (C=O) groups is 2. The number of hydrogen-bond acceptors (Lipinski definition) is 4. The summed E-state index contributed by atoms with van der Waals surface area (Å²) in [6, 6.07) is 0. The van der Waals surface area contributed by atoms with E-state index < -0.39 is 0 Å². The van der Waals surface area contributed by atoms with Crippen molar-refractivity contribution >= 4 is 11.9 Å². The zero-order valence-electron chi connectivity index (χ0n) is 15.7. The fourth-order valence-electron chi connectivity index (χ4n) is 2.56. The van der Waals surface area contributed by atoms with Crippen molar-refractivity contribution < 1.29 is 19.1 Å². The molecule has 0 aromatic heterocycles. The smallest absolute Gasteiger partial charge is 0.308 e. The van der Waals surface area contributed by atoms with E-state index in [0.29, 0.717) is 32.0 Å². The maximum absolute atomic E-state index is 12.2. The van der Waals surface area contributed by atoms with E-state index in [1.165, 1.54) is 12.8 Å². The molecule has 0 aromatic carbocycles. The number of unbranched alkanes of at least 4 members (excludes halogenated alkanes) is 1. The van der Waals surface area contributed by atoms with Crippen molar-refractivity contribution in [2.24, 2.45) is 17.8 Å². The minimum atomic E-state index is -0.179. The second kappa shape index (κ2) is 13.4. The van der Waals surface area contributed by atoms with E-state index in [0.717, 1.165) is 19.3 Å². The van der Waals surface area contributed by atoms with Gasteiger partial charge in [0.2, 0.25) is 0 Å². The van der Waals surface area contributed by atoms with Crippen LogP contribution in [0, 0.1) is 17.8 Å². The van der Waals surface area contributed by atoms with E-state index >= 15 is 0 Å². The molecule has 0 bridgehead atoms. The summed E-state index contributed by atoms with van der Waals surface area (Å²) in [6.07, 6.45) is 6.62. The van der Waals surface area contributed by atoms with E-state index in [-0.39, 0.29) is 23.8 Å². The lowest BCUT2D eigenvalue weighted by Gasteiger charge is -2.19. The van der Waals surface area contributed by atoms with Crippen molar-refractivity contribution in [1.82, 2.24) is 0 Å². The summed E-state index contributed by atoms with van der Waals surface area (Å²) in [6.45, 7) is 10.9. The molecule has 4 nitrogen and oxygen atoms in total. The third kappa shape index (κ3) is 9.62. The van der Waals surface area contributed by atoms with Crippen LogP contribution in [0.5, 0.6) is 0 Å². The average molecular weight is 328 g/mol. The Bertz CT molecular complexity index is 327. The zero-order chi connectivity index (χ0) is 17.7. The summed E-state index contributed by atoms with van der Waals surface area (Å²) in [5.41, 5.74) is 0. The van der Waals surface area contributed by atoms with Crippen LogP contribution in [0.4, 0.5) is 0 Å². The largest absolute Gasteiger partial charge is 0.466 e. The minimum absolute atomic E-state index is 0.112. The number of rotatable bonds is 13. The van der Waals surface area contributed by atoms with Crippen LogP contribution in [-0.4, -0.2) is 25.2 Å². The van der Waals surface area contributed by atoms with E-state index in [1.54, 1.807) is 6.92 Å². The number of ether oxygens (including phenoxy) is 2. The van der Waals surface area contributed by atoms with Crippen molar-refractivity contribution in [2.45, 2.75) is 79.6 Å². The highest BCUT2D eigenvalue weighted by atomic mass is 16.5. The van der Waals surface area contributed by atoms with Gasteiger partial charge in [0, 0.05) is 0 Å². The van der Waals surface area contributed by atoms with Gasteiger partial charge in [-0.2, -0.15) is 0 Å². The highest BCUT2D eigenvalue weighted by Crippen LogP contribution is 2.20. The van der Waals surface area contributed by atoms with Crippen LogP contribution in [-0.2, 0) is 19.1 Å². The van der Waals surface area contributed by atoms with Crippen LogP contribution in [0.2, 0.25) is 0 Å². The molecule has 0 N–H and O–H groups in total. The van der Waals surface area contributed by atoms with Gasteiger partial charge in [-0.05, 0) is 38.5 Å². The molecule has 0 fully saturated rings. The van der Waals surface area contributed by atoms with Gasteiger partial charge in [-0.15, -0.1) is 0 Å². The Labute approximate surface area is 142 Å². The fraction of sp³-hybridized carbons (Fsp3) is 0.895. The van der Waals surface area contributed by atoms with E-state index in [1.807, 2.05) is 13.8 Å². The van der Waals surface area contributed by atoms with Crippen LogP contribution in [0.3, 0.4) is 0 Å². The summed E-state index contributed by atoms with van der Waals surface area (Å²) < 4.78 is 10.5. The first-order valence-corrected chi connectivity index (χ1v) is 9.33. The fourth-order valence-corrected chi connectivity index (χ4v) is 2.56. The molecule has 0 spiro atoms. The first kappa shape index (κ1) is 21.9. The van der Waals surface area contributed by atoms with Crippen LogP contribution >= 0.6 is 0 Å². The lowest BCUT2D eigenvalue weighted by Crippen LogP contribution is -2.23. The quantitative estimate of drug-likeness (QED) is 0.458. The maximum Gasteiger partial charge on any atom is 0.308 e. The molecule has 0 saturated carbocycles. The van der Waals surface area contributed by atoms with Gasteiger partial charge >= 0.3 is 11.9 Å². The molecule has 4 heteroatoms. The van der Waals surface area contributed by atoms with Crippen molar-refractivity contribution in [1.29, 1.82) is 0 Å². The Balaban J connectivity index is 4.22. The van der Waals surface area contributed by atoms with E-state index in [4.69, 9.17) is 9.47 Å². The Morgan fingerprint density at radius 3 is 2.09 bits per heavy atom. The van der Waals surface area contributed by atoms with Crippen LogP contribution in [0.1, 0.15) is 79.6 Å². The topological polar surface area (TPSA) is 52.6 Å². The summed E-state index contributed by atoms with van der Waals surface area (Å²) >= 11 is 0. The highest BCUT2D eigenvalue weighted by Gasteiger charge is 2.22. The van der Waals surface area contributed by atoms with Crippen molar-refractivity contribution in [3.8, 4) is 0 Å². The molecule has 0 radical (unpaired) electrons. The molecule has 0 aliphatic rings. The molecule has 0 rings (SSSR count). The van der Waals surface area contributed by atoms with Gasteiger partial charge in [-0.3, -0.25) is 9.59 Å².